The van der Waals surface area contributed by atoms with Crippen LogP contribution in [0, 0.1) is 5.92 Å². The van der Waals surface area contributed by atoms with E-state index in [1.54, 1.807) is 0 Å². The van der Waals surface area contributed by atoms with Crippen LogP contribution in [-0.2, 0) is 19.1 Å². The molecule has 1 atom stereocenters. The van der Waals surface area contributed by atoms with E-state index in [0.29, 0.717) is 44.8 Å². The SMILES string of the molecule is CCCCCCCCCCCCOC(=O)CCCCC(=O)OCCC(C)CC. The van der Waals surface area contributed by atoms with Crippen molar-refractivity contribution in [3.63, 3.8) is 0 Å². The van der Waals surface area contributed by atoms with Crippen molar-refractivity contribution in [2.24, 2.45) is 5.92 Å². The molecule has 0 radical (unpaired) electrons. The van der Waals surface area contributed by atoms with Crippen molar-refractivity contribution in [2.45, 2.75) is 124 Å². The maximum atomic E-state index is 11.7. The molecule has 0 aliphatic carbocycles. The molecule has 0 N–H and O–H groups in total. The molecule has 0 amide bonds. The van der Waals surface area contributed by atoms with Gasteiger partial charge >= 0.3 is 11.9 Å². The molecular formula is C24H46O4. The fourth-order valence-electron chi connectivity index (χ4n) is 3.04. The first-order chi connectivity index (χ1) is 13.6. The van der Waals surface area contributed by atoms with Crippen LogP contribution in [0.1, 0.15) is 124 Å². The highest BCUT2D eigenvalue weighted by molar-refractivity contribution is 5.70. The number of carbonyl (C=O) groups excluding carboxylic acids is 2. The van der Waals surface area contributed by atoms with Crippen molar-refractivity contribution < 1.29 is 19.1 Å². The Hall–Kier alpha value is -1.06. The van der Waals surface area contributed by atoms with E-state index in [4.69, 9.17) is 9.47 Å². The zero-order valence-corrected chi connectivity index (χ0v) is 18.9. The van der Waals surface area contributed by atoms with Gasteiger partial charge in [0.15, 0.2) is 0 Å². The molecule has 4 nitrogen and oxygen atoms in total. The fraction of sp³-hybridized carbons (Fsp3) is 0.917. The van der Waals surface area contributed by atoms with Crippen molar-refractivity contribution in [3.05, 3.63) is 0 Å². The number of esters is 2. The molecule has 28 heavy (non-hydrogen) atoms. The van der Waals surface area contributed by atoms with Crippen LogP contribution in [0.3, 0.4) is 0 Å². The zero-order chi connectivity index (χ0) is 20.9. The van der Waals surface area contributed by atoms with Crippen molar-refractivity contribution in [1.29, 1.82) is 0 Å². The Morgan fingerprint density at radius 3 is 1.61 bits per heavy atom. The van der Waals surface area contributed by atoms with E-state index in [0.717, 1.165) is 25.7 Å². The lowest BCUT2D eigenvalue weighted by Gasteiger charge is -2.09. The highest BCUT2D eigenvalue weighted by Crippen LogP contribution is 2.11. The zero-order valence-electron chi connectivity index (χ0n) is 18.9. The molecular weight excluding hydrogens is 352 g/mol. The summed E-state index contributed by atoms with van der Waals surface area (Å²) in [5.41, 5.74) is 0. The summed E-state index contributed by atoms with van der Waals surface area (Å²) in [5.74, 6) is 0.307. The van der Waals surface area contributed by atoms with Gasteiger partial charge in [-0.05, 0) is 31.6 Å². The van der Waals surface area contributed by atoms with Crippen molar-refractivity contribution in [2.75, 3.05) is 13.2 Å². The van der Waals surface area contributed by atoms with E-state index in [2.05, 4.69) is 20.8 Å². The van der Waals surface area contributed by atoms with Crippen molar-refractivity contribution >= 4 is 11.9 Å². The number of hydrogen-bond acceptors (Lipinski definition) is 4. The van der Waals surface area contributed by atoms with E-state index in [-0.39, 0.29) is 11.9 Å². The lowest BCUT2D eigenvalue weighted by atomic mass is 10.1. The van der Waals surface area contributed by atoms with Gasteiger partial charge in [0.1, 0.15) is 0 Å². The van der Waals surface area contributed by atoms with Crippen LogP contribution in [-0.4, -0.2) is 25.2 Å². The Kier molecular flexibility index (Phi) is 19.9. The largest absolute Gasteiger partial charge is 0.466 e. The first-order valence-corrected chi connectivity index (χ1v) is 11.9. The van der Waals surface area contributed by atoms with Crippen LogP contribution >= 0.6 is 0 Å². The minimum atomic E-state index is -0.151. The molecule has 0 saturated carbocycles. The molecule has 0 aliphatic rings. The van der Waals surface area contributed by atoms with Crippen LogP contribution in [0.2, 0.25) is 0 Å². The molecule has 0 heterocycles. The van der Waals surface area contributed by atoms with Crippen molar-refractivity contribution in [1.82, 2.24) is 0 Å². The van der Waals surface area contributed by atoms with Gasteiger partial charge in [0.25, 0.3) is 0 Å². The minimum absolute atomic E-state index is 0.138. The maximum absolute atomic E-state index is 11.7. The summed E-state index contributed by atoms with van der Waals surface area (Å²) in [6, 6.07) is 0. The second-order valence-corrected chi connectivity index (χ2v) is 8.13. The van der Waals surface area contributed by atoms with Crippen LogP contribution in [0.15, 0.2) is 0 Å². The molecule has 0 aromatic carbocycles. The summed E-state index contributed by atoms with van der Waals surface area (Å²) >= 11 is 0. The molecule has 0 aromatic rings. The van der Waals surface area contributed by atoms with E-state index >= 15 is 0 Å². The standard InChI is InChI=1S/C24H46O4/c1-4-6-7-8-9-10-11-12-13-16-20-27-23(25)17-14-15-18-24(26)28-21-19-22(3)5-2/h22H,4-21H2,1-3H3. The Morgan fingerprint density at radius 2 is 1.11 bits per heavy atom. The first-order valence-electron chi connectivity index (χ1n) is 11.9. The third-order valence-corrected chi connectivity index (χ3v) is 5.34. The van der Waals surface area contributed by atoms with Gasteiger partial charge in [-0.2, -0.15) is 0 Å². The summed E-state index contributed by atoms with van der Waals surface area (Å²) < 4.78 is 10.5. The van der Waals surface area contributed by atoms with Crippen molar-refractivity contribution in [3.8, 4) is 0 Å². The Bertz CT molecular complexity index is 368. The number of hydrogen-bond donors (Lipinski definition) is 0. The van der Waals surface area contributed by atoms with Crippen LogP contribution in [0.5, 0.6) is 0 Å². The molecule has 0 aliphatic heterocycles. The summed E-state index contributed by atoms with van der Waals surface area (Å²) in [5, 5.41) is 0. The molecule has 0 fully saturated rings. The quantitative estimate of drug-likeness (QED) is 0.164. The van der Waals surface area contributed by atoms with E-state index in [9.17, 15) is 9.59 Å². The monoisotopic (exact) mass is 398 g/mol. The van der Waals surface area contributed by atoms with Crippen LogP contribution in [0.25, 0.3) is 0 Å². The van der Waals surface area contributed by atoms with Gasteiger partial charge in [0.05, 0.1) is 13.2 Å². The van der Waals surface area contributed by atoms with E-state index < -0.39 is 0 Å². The third-order valence-electron chi connectivity index (χ3n) is 5.34. The number of unbranched alkanes of at least 4 members (excludes halogenated alkanes) is 10. The predicted molar refractivity (Wildman–Crippen MR) is 116 cm³/mol. The number of carbonyl (C=O) groups is 2. The fourth-order valence-corrected chi connectivity index (χ4v) is 3.04. The minimum Gasteiger partial charge on any atom is -0.466 e. The van der Waals surface area contributed by atoms with Gasteiger partial charge in [0, 0.05) is 12.8 Å². The predicted octanol–water partition coefficient (Wildman–Crippen LogP) is 6.99. The highest BCUT2D eigenvalue weighted by atomic mass is 16.5. The third kappa shape index (κ3) is 19.7. The average Bonchev–Trinajstić information content (AvgIpc) is 2.69. The van der Waals surface area contributed by atoms with Gasteiger partial charge in [-0.25, -0.2) is 0 Å². The van der Waals surface area contributed by atoms with Gasteiger partial charge < -0.3 is 9.47 Å². The topological polar surface area (TPSA) is 52.6 Å². The second kappa shape index (κ2) is 20.7. The molecule has 0 saturated heterocycles. The smallest absolute Gasteiger partial charge is 0.305 e. The average molecular weight is 399 g/mol. The molecule has 4 heteroatoms. The maximum Gasteiger partial charge on any atom is 0.305 e. The number of ether oxygens (including phenoxy) is 2. The van der Waals surface area contributed by atoms with E-state index in [1.807, 2.05) is 0 Å². The molecule has 0 bridgehead atoms. The molecule has 1 unspecified atom stereocenters. The van der Waals surface area contributed by atoms with Gasteiger partial charge in [-0.15, -0.1) is 0 Å². The summed E-state index contributed by atoms with van der Waals surface area (Å²) in [6.45, 7) is 7.60. The lowest BCUT2D eigenvalue weighted by Crippen LogP contribution is -2.09. The molecule has 0 spiro atoms. The van der Waals surface area contributed by atoms with Gasteiger partial charge in [-0.1, -0.05) is 85.0 Å². The molecule has 166 valence electrons. The summed E-state index contributed by atoms with van der Waals surface area (Å²) in [7, 11) is 0. The second-order valence-electron chi connectivity index (χ2n) is 8.13. The highest BCUT2D eigenvalue weighted by Gasteiger charge is 2.07. The van der Waals surface area contributed by atoms with Gasteiger partial charge in [0.2, 0.25) is 0 Å². The van der Waals surface area contributed by atoms with Crippen LogP contribution < -0.4 is 0 Å². The lowest BCUT2D eigenvalue weighted by molar-refractivity contribution is -0.146. The van der Waals surface area contributed by atoms with E-state index in [1.165, 1.54) is 51.4 Å². The Balaban J connectivity index is 3.32. The Labute approximate surface area is 174 Å². The van der Waals surface area contributed by atoms with Crippen LogP contribution in [0.4, 0.5) is 0 Å². The number of rotatable bonds is 20. The Morgan fingerprint density at radius 1 is 0.643 bits per heavy atom. The normalized spacial score (nSPS) is 12.0. The first kappa shape index (κ1) is 26.9. The summed E-state index contributed by atoms with van der Waals surface area (Å²) in [4.78, 5) is 23.3. The molecule has 0 rings (SSSR count). The molecule has 0 aromatic heterocycles. The summed E-state index contributed by atoms with van der Waals surface area (Å²) in [6.07, 6.45) is 17.0. The van der Waals surface area contributed by atoms with Gasteiger partial charge in [-0.3, -0.25) is 9.59 Å².